The number of ether oxygens (including phenoxy) is 1. The lowest BCUT2D eigenvalue weighted by Crippen LogP contribution is -2.52. The van der Waals surface area contributed by atoms with E-state index in [1.165, 1.54) is 9.58 Å². The predicted molar refractivity (Wildman–Crippen MR) is 86.6 cm³/mol. The number of para-hydroxylation sites is 1. The van der Waals surface area contributed by atoms with Gasteiger partial charge in [0.1, 0.15) is 0 Å². The van der Waals surface area contributed by atoms with Gasteiger partial charge in [-0.2, -0.15) is 5.10 Å². The number of morpholine rings is 1. The van der Waals surface area contributed by atoms with Crippen molar-refractivity contribution < 1.29 is 19.4 Å². The quantitative estimate of drug-likeness (QED) is 0.912. The Morgan fingerprint density at radius 2 is 2.12 bits per heavy atom. The van der Waals surface area contributed by atoms with Crippen molar-refractivity contribution >= 4 is 23.5 Å². The van der Waals surface area contributed by atoms with Gasteiger partial charge in [-0.1, -0.05) is 23.7 Å². The second-order valence-corrected chi connectivity index (χ2v) is 5.89. The van der Waals surface area contributed by atoms with E-state index >= 15 is 0 Å². The third kappa shape index (κ3) is 3.00. The maximum Gasteiger partial charge on any atom is 0.328 e. The van der Waals surface area contributed by atoms with Crippen molar-refractivity contribution in [3.63, 3.8) is 0 Å². The van der Waals surface area contributed by atoms with Crippen molar-refractivity contribution in [1.29, 1.82) is 0 Å². The van der Waals surface area contributed by atoms with Gasteiger partial charge in [-0.3, -0.25) is 4.79 Å². The zero-order valence-corrected chi connectivity index (χ0v) is 13.7. The lowest BCUT2D eigenvalue weighted by atomic mass is 10.2. The molecular formula is C16H16ClN3O4. The highest BCUT2D eigenvalue weighted by Crippen LogP contribution is 2.22. The largest absolute Gasteiger partial charge is 0.480 e. The Bertz CT molecular complexity index is 789. The van der Waals surface area contributed by atoms with E-state index in [1.807, 2.05) is 6.07 Å². The molecule has 3 rings (SSSR count). The van der Waals surface area contributed by atoms with E-state index in [-0.39, 0.29) is 18.8 Å². The molecule has 1 saturated heterocycles. The number of nitrogens with zero attached hydrogens (tertiary/aromatic N) is 3. The number of carbonyl (C=O) groups is 2. The Balaban J connectivity index is 1.93. The average Bonchev–Trinajstić information content (AvgIpc) is 2.96. The fraction of sp³-hybridized carbons (Fsp3) is 0.312. The topological polar surface area (TPSA) is 84.7 Å². The molecule has 1 fully saturated rings. The summed E-state index contributed by atoms with van der Waals surface area (Å²) in [5.41, 5.74) is 1.51. The first kappa shape index (κ1) is 16.5. The molecule has 0 radical (unpaired) electrons. The maximum atomic E-state index is 12.8. The van der Waals surface area contributed by atoms with Crippen LogP contribution in [0.4, 0.5) is 0 Å². The number of amides is 1. The summed E-state index contributed by atoms with van der Waals surface area (Å²) in [5, 5.41) is 14.1. The minimum atomic E-state index is -1.09. The third-order valence-corrected chi connectivity index (χ3v) is 4.19. The van der Waals surface area contributed by atoms with Gasteiger partial charge in [0.2, 0.25) is 0 Å². The molecule has 1 aromatic heterocycles. The number of aliphatic carboxylic acids is 1. The number of hydrogen-bond acceptors (Lipinski definition) is 4. The first-order valence-corrected chi connectivity index (χ1v) is 7.79. The van der Waals surface area contributed by atoms with E-state index in [0.717, 1.165) is 0 Å². The monoisotopic (exact) mass is 349 g/mol. The van der Waals surface area contributed by atoms with Crippen LogP contribution >= 0.6 is 11.6 Å². The lowest BCUT2D eigenvalue weighted by Gasteiger charge is -2.32. The molecule has 7 nitrogen and oxygen atoms in total. The second-order valence-electron chi connectivity index (χ2n) is 5.48. The Morgan fingerprint density at radius 1 is 1.38 bits per heavy atom. The Morgan fingerprint density at radius 3 is 2.83 bits per heavy atom. The molecule has 2 aromatic rings. The molecule has 1 N–H and O–H groups in total. The van der Waals surface area contributed by atoms with E-state index in [0.29, 0.717) is 22.9 Å². The van der Waals surface area contributed by atoms with Crippen molar-refractivity contribution in [2.75, 3.05) is 19.8 Å². The molecule has 8 heteroatoms. The number of benzene rings is 1. The number of aromatic nitrogens is 2. The number of rotatable bonds is 3. The summed E-state index contributed by atoms with van der Waals surface area (Å²) in [5.74, 6) is -1.51. The lowest BCUT2D eigenvalue weighted by molar-refractivity contribution is -0.147. The highest BCUT2D eigenvalue weighted by molar-refractivity contribution is 6.32. The number of carboxylic acids is 1. The van der Waals surface area contributed by atoms with Gasteiger partial charge in [0.25, 0.3) is 5.91 Å². The predicted octanol–water partition coefficient (Wildman–Crippen LogP) is 1.76. The van der Waals surface area contributed by atoms with E-state index < -0.39 is 17.9 Å². The van der Waals surface area contributed by atoms with Crippen LogP contribution < -0.4 is 0 Å². The third-order valence-electron chi connectivity index (χ3n) is 3.87. The maximum absolute atomic E-state index is 12.8. The zero-order valence-electron chi connectivity index (χ0n) is 13.0. The minimum Gasteiger partial charge on any atom is -0.480 e. The molecule has 1 aliphatic rings. The summed E-state index contributed by atoms with van der Waals surface area (Å²) in [6.07, 6.45) is 1.70. The first-order valence-electron chi connectivity index (χ1n) is 7.41. The van der Waals surface area contributed by atoms with Gasteiger partial charge in [-0.05, 0) is 19.1 Å². The van der Waals surface area contributed by atoms with Crippen LogP contribution in [0.5, 0.6) is 0 Å². The van der Waals surface area contributed by atoms with Crippen molar-refractivity contribution in [2.45, 2.75) is 13.0 Å². The van der Waals surface area contributed by atoms with Crippen LogP contribution in [-0.2, 0) is 9.53 Å². The summed E-state index contributed by atoms with van der Waals surface area (Å²) < 4.78 is 6.69. The van der Waals surface area contributed by atoms with Crippen LogP contribution in [0.2, 0.25) is 5.02 Å². The van der Waals surface area contributed by atoms with Gasteiger partial charge >= 0.3 is 5.97 Å². The molecule has 1 unspecified atom stereocenters. The highest BCUT2D eigenvalue weighted by Gasteiger charge is 2.35. The molecule has 1 aliphatic heterocycles. The highest BCUT2D eigenvalue weighted by atomic mass is 35.5. The summed E-state index contributed by atoms with van der Waals surface area (Å²) in [6.45, 7) is 2.25. The smallest absolute Gasteiger partial charge is 0.328 e. The van der Waals surface area contributed by atoms with Crippen molar-refractivity contribution in [1.82, 2.24) is 14.7 Å². The molecule has 1 amide bonds. The van der Waals surface area contributed by atoms with E-state index in [1.54, 1.807) is 31.3 Å². The van der Waals surface area contributed by atoms with Crippen molar-refractivity contribution in [3.8, 4) is 5.69 Å². The Kier molecular flexibility index (Phi) is 4.55. The van der Waals surface area contributed by atoms with Gasteiger partial charge in [0.15, 0.2) is 11.7 Å². The van der Waals surface area contributed by atoms with Gasteiger partial charge in [0.05, 0.1) is 23.9 Å². The van der Waals surface area contributed by atoms with Crippen molar-refractivity contribution in [2.24, 2.45) is 0 Å². The van der Waals surface area contributed by atoms with Crippen LogP contribution in [0, 0.1) is 6.92 Å². The SMILES string of the molecule is Cc1cn(-c2ccccc2Cl)nc1C(=O)N1CCOCC1C(=O)O. The van der Waals surface area contributed by atoms with Crippen LogP contribution in [0.3, 0.4) is 0 Å². The number of hydrogen-bond donors (Lipinski definition) is 1. The Hall–Kier alpha value is -2.38. The normalized spacial score (nSPS) is 17.8. The van der Waals surface area contributed by atoms with E-state index in [2.05, 4.69) is 5.10 Å². The van der Waals surface area contributed by atoms with Crippen LogP contribution in [-0.4, -0.2) is 57.5 Å². The molecule has 1 atom stereocenters. The van der Waals surface area contributed by atoms with E-state index in [9.17, 15) is 14.7 Å². The molecule has 0 saturated carbocycles. The minimum absolute atomic E-state index is 0.0225. The van der Waals surface area contributed by atoms with Gasteiger partial charge in [0, 0.05) is 18.3 Å². The first-order chi connectivity index (χ1) is 11.5. The molecule has 24 heavy (non-hydrogen) atoms. The number of carboxylic acid groups (broad SMARTS) is 1. The molecule has 126 valence electrons. The molecule has 2 heterocycles. The fourth-order valence-electron chi connectivity index (χ4n) is 2.62. The van der Waals surface area contributed by atoms with Crippen molar-refractivity contribution in [3.05, 3.63) is 46.7 Å². The number of aryl methyl sites for hydroxylation is 1. The summed E-state index contributed by atoms with van der Waals surface area (Å²) in [7, 11) is 0. The molecule has 0 aliphatic carbocycles. The summed E-state index contributed by atoms with van der Waals surface area (Å²) >= 11 is 6.16. The second kappa shape index (κ2) is 6.62. The molecule has 0 bridgehead atoms. The molecule has 1 aromatic carbocycles. The van der Waals surface area contributed by atoms with Gasteiger partial charge in [-0.15, -0.1) is 0 Å². The fourth-order valence-corrected chi connectivity index (χ4v) is 2.84. The van der Waals surface area contributed by atoms with Crippen LogP contribution in [0.25, 0.3) is 5.69 Å². The van der Waals surface area contributed by atoms with E-state index in [4.69, 9.17) is 16.3 Å². The summed E-state index contributed by atoms with van der Waals surface area (Å²) in [4.78, 5) is 25.4. The van der Waals surface area contributed by atoms with Crippen LogP contribution in [0.1, 0.15) is 16.1 Å². The standard InChI is InChI=1S/C16H16ClN3O4/c1-10-8-20(12-5-3-2-4-11(12)17)18-14(10)15(21)19-6-7-24-9-13(19)16(22)23/h2-5,8,13H,6-7,9H2,1H3,(H,22,23). The number of carbonyl (C=O) groups excluding carboxylic acids is 1. The van der Waals surface area contributed by atoms with Gasteiger partial charge in [-0.25, -0.2) is 9.48 Å². The van der Waals surface area contributed by atoms with Crippen LogP contribution in [0.15, 0.2) is 30.5 Å². The zero-order chi connectivity index (χ0) is 17.3. The molecule has 0 spiro atoms. The molecular weight excluding hydrogens is 334 g/mol. The Labute approximate surface area is 143 Å². The average molecular weight is 350 g/mol. The number of halogens is 1. The van der Waals surface area contributed by atoms with Gasteiger partial charge < -0.3 is 14.7 Å². The summed E-state index contributed by atoms with van der Waals surface area (Å²) in [6, 6.07) is 6.15.